The van der Waals surface area contributed by atoms with Crippen molar-refractivity contribution in [3.8, 4) is 0 Å². The lowest BCUT2D eigenvalue weighted by atomic mass is 9.93. The molecule has 0 fully saturated rings. The average molecular weight is 798 g/mol. The Morgan fingerprint density at radius 3 is 1.72 bits per heavy atom. The van der Waals surface area contributed by atoms with Crippen molar-refractivity contribution in [2.24, 2.45) is 11.8 Å². The molecule has 0 radical (unpaired) electrons. The summed E-state index contributed by atoms with van der Waals surface area (Å²) in [7, 11) is 0. The second-order valence-electron chi connectivity index (χ2n) is 16.1. The number of carboxylic acids is 1. The van der Waals surface area contributed by atoms with Crippen LogP contribution in [0.1, 0.15) is 95.1 Å². The molecule has 7 aromatic rings. The van der Waals surface area contributed by atoms with Gasteiger partial charge in [-0.05, 0) is 95.8 Å². The highest BCUT2D eigenvalue weighted by molar-refractivity contribution is 6.16. The minimum atomic E-state index is -0.816. The Balaban J connectivity index is 0.000000336. The summed E-state index contributed by atoms with van der Waals surface area (Å²) in [5.74, 6) is 0.235. The fourth-order valence-electron chi connectivity index (χ4n) is 7.39. The topological polar surface area (TPSA) is 100 Å². The minimum Gasteiger partial charge on any atom is -0.481 e. The largest absolute Gasteiger partial charge is 0.481 e. The van der Waals surface area contributed by atoms with E-state index < -0.39 is 5.97 Å². The number of carboxylic acid groups (broad SMARTS) is 1. The molecule has 60 heavy (non-hydrogen) atoms. The normalized spacial score (nSPS) is 11.1. The molecule has 7 rings (SSSR count). The summed E-state index contributed by atoms with van der Waals surface area (Å²) in [5.41, 5.74) is 9.50. The molecule has 1 amide bonds. The van der Waals surface area contributed by atoms with Gasteiger partial charge in [-0.25, -0.2) is 0 Å². The van der Waals surface area contributed by atoms with Crippen LogP contribution in [0.25, 0.3) is 10.9 Å². The van der Waals surface area contributed by atoms with Gasteiger partial charge in [-0.1, -0.05) is 143 Å². The van der Waals surface area contributed by atoms with Gasteiger partial charge < -0.3 is 20.3 Å². The van der Waals surface area contributed by atoms with Crippen LogP contribution in [0, 0.1) is 11.8 Å². The van der Waals surface area contributed by atoms with Gasteiger partial charge in [0, 0.05) is 58.1 Å². The number of fused-ring (bicyclic) bond motifs is 1. The number of hydrogen-bond donors (Lipinski definition) is 3. The molecule has 0 saturated heterocycles. The lowest BCUT2D eigenvalue weighted by Crippen LogP contribution is -2.13. The molecular formula is C53H55N3O4. The van der Waals surface area contributed by atoms with E-state index in [0.717, 1.165) is 35.1 Å². The van der Waals surface area contributed by atoms with Crippen molar-refractivity contribution in [3.05, 3.63) is 203 Å². The van der Waals surface area contributed by atoms with Crippen LogP contribution in [0.2, 0.25) is 0 Å². The Morgan fingerprint density at radius 2 is 1.13 bits per heavy atom. The summed E-state index contributed by atoms with van der Waals surface area (Å²) in [6.45, 7) is 9.49. The van der Waals surface area contributed by atoms with Crippen molar-refractivity contribution in [1.82, 2.24) is 4.57 Å². The Bertz CT molecular complexity index is 2420. The van der Waals surface area contributed by atoms with Gasteiger partial charge in [-0.3, -0.25) is 14.4 Å². The Morgan fingerprint density at radius 1 is 0.600 bits per heavy atom. The average Bonchev–Trinajstić information content (AvgIpc) is 3.62. The van der Waals surface area contributed by atoms with Gasteiger partial charge in [-0.2, -0.15) is 0 Å². The molecular weight excluding hydrogens is 743 g/mol. The molecule has 306 valence electrons. The first kappa shape index (κ1) is 42.9. The number of carbonyl (C=O) groups excluding carboxylic acids is 2. The Kier molecular flexibility index (Phi) is 14.9. The van der Waals surface area contributed by atoms with E-state index in [1.807, 2.05) is 108 Å². The molecule has 0 atom stereocenters. The third-order valence-electron chi connectivity index (χ3n) is 10.2. The fourth-order valence-corrected chi connectivity index (χ4v) is 7.39. The standard InChI is InChI=1S/C40H44N2O3.C13H11NO/c1-27(2)23-29-14-18-31(19-15-29)39(32-20-16-30(17-21-32)24-28(3)4)41-34-10-7-9-33(25-34)40(45)36-26-42(22-8-13-38(43)44)37-12-6-5-11-35(36)37;15-13(11-7-3-1-4-8-11)14-12-9-5-2-6-10-12/h5-7,9-12,14-21,25-28,39,41H,8,13,22-24H2,1-4H3,(H,43,44);1-10H,(H,14,15). The molecule has 6 aromatic carbocycles. The summed E-state index contributed by atoms with van der Waals surface area (Å²) >= 11 is 0. The molecule has 0 bridgehead atoms. The number of aliphatic carboxylic acids is 1. The van der Waals surface area contributed by atoms with Gasteiger partial charge in [0.2, 0.25) is 0 Å². The summed E-state index contributed by atoms with van der Waals surface area (Å²) < 4.78 is 2.00. The number of amides is 1. The quantitative estimate of drug-likeness (QED) is 0.0846. The van der Waals surface area contributed by atoms with Crippen molar-refractivity contribution in [3.63, 3.8) is 0 Å². The van der Waals surface area contributed by atoms with Crippen LogP contribution in [-0.2, 0) is 24.2 Å². The minimum absolute atomic E-state index is 0.0561. The predicted molar refractivity (Wildman–Crippen MR) is 245 cm³/mol. The molecule has 0 aliphatic rings. The van der Waals surface area contributed by atoms with Crippen LogP contribution >= 0.6 is 0 Å². The van der Waals surface area contributed by atoms with Crippen LogP contribution in [-0.4, -0.2) is 27.3 Å². The molecule has 1 heterocycles. The number of hydrogen-bond acceptors (Lipinski definition) is 4. The van der Waals surface area contributed by atoms with E-state index in [-0.39, 0.29) is 24.2 Å². The lowest BCUT2D eigenvalue weighted by molar-refractivity contribution is -0.137. The van der Waals surface area contributed by atoms with Crippen LogP contribution in [0.15, 0.2) is 164 Å². The van der Waals surface area contributed by atoms with Gasteiger partial charge in [0.05, 0.1) is 6.04 Å². The van der Waals surface area contributed by atoms with Crippen LogP contribution in [0.5, 0.6) is 0 Å². The van der Waals surface area contributed by atoms with Gasteiger partial charge in [0.25, 0.3) is 5.91 Å². The first-order chi connectivity index (χ1) is 29.0. The molecule has 0 aliphatic carbocycles. The van der Waals surface area contributed by atoms with Crippen molar-refractivity contribution in [1.29, 1.82) is 0 Å². The number of carbonyl (C=O) groups is 3. The van der Waals surface area contributed by atoms with Crippen LogP contribution in [0.4, 0.5) is 11.4 Å². The summed E-state index contributed by atoms with van der Waals surface area (Å²) in [6.07, 6.45) is 4.55. The maximum atomic E-state index is 13.9. The first-order valence-electron chi connectivity index (χ1n) is 20.8. The number of nitrogens with zero attached hydrogens (tertiary/aromatic N) is 1. The van der Waals surface area contributed by atoms with E-state index in [9.17, 15) is 14.4 Å². The third kappa shape index (κ3) is 11.9. The molecule has 0 spiro atoms. The molecule has 0 unspecified atom stereocenters. The Labute approximate surface area is 354 Å². The fraction of sp³-hybridized carbons (Fsp3) is 0.226. The van der Waals surface area contributed by atoms with E-state index in [2.05, 4.69) is 86.9 Å². The number of para-hydroxylation sites is 2. The number of rotatable bonds is 16. The second kappa shape index (κ2) is 20.8. The number of benzene rings is 6. The van der Waals surface area contributed by atoms with E-state index in [0.29, 0.717) is 41.5 Å². The monoisotopic (exact) mass is 797 g/mol. The van der Waals surface area contributed by atoms with Crippen molar-refractivity contribution < 1.29 is 19.5 Å². The zero-order valence-electron chi connectivity index (χ0n) is 35.0. The van der Waals surface area contributed by atoms with Crippen molar-refractivity contribution in [2.75, 3.05) is 10.6 Å². The highest BCUT2D eigenvalue weighted by Gasteiger charge is 2.19. The van der Waals surface area contributed by atoms with E-state index in [1.165, 1.54) is 22.3 Å². The summed E-state index contributed by atoms with van der Waals surface area (Å²) in [5, 5.41) is 16.5. The predicted octanol–water partition coefficient (Wildman–Crippen LogP) is 12.3. The molecule has 3 N–H and O–H groups in total. The molecule has 0 saturated carbocycles. The molecule has 0 aliphatic heterocycles. The maximum Gasteiger partial charge on any atom is 0.303 e. The summed E-state index contributed by atoms with van der Waals surface area (Å²) in [6, 6.07) is 51.8. The zero-order chi connectivity index (χ0) is 42.4. The van der Waals surface area contributed by atoms with Gasteiger partial charge >= 0.3 is 5.97 Å². The second-order valence-corrected chi connectivity index (χ2v) is 16.1. The van der Waals surface area contributed by atoms with Crippen LogP contribution < -0.4 is 10.6 Å². The first-order valence-corrected chi connectivity index (χ1v) is 20.8. The highest BCUT2D eigenvalue weighted by atomic mass is 16.4. The van der Waals surface area contributed by atoms with Crippen molar-refractivity contribution in [2.45, 2.75) is 66.0 Å². The Hall–Kier alpha value is -6.73. The van der Waals surface area contributed by atoms with E-state index in [1.54, 1.807) is 12.1 Å². The smallest absolute Gasteiger partial charge is 0.303 e. The number of ketones is 1. The van der Waals surface area contributed by atoms with Crippen LogP contribution in [0.3, 0.4) is 0 Å². The maximum absolute atomic E-state index is 13.9. The van der Waals surface area contributed by atoms with Gasteiger partial charge in [0.1, 0.15) is 0 Å². The highest BCUT2D eigenvalue weighted by Crippen LogP contribution is 2.30. The molecule has 7 heteroatoms. The van der Waals surface area contributed by atoms with E-state index >= 15 is 0 Å². The third-order valence-corrected chi connectivity index (χ3v) is 10.2. The van der Waals surface area contributed by atoms with Gasteiger partial charge in [0.15, 0.2) is 5.78 Å². The molecule has 1 aromatic heterocycles. The number of nitrogens with one attached hydrogen (secondary N) is 2. The van der Waals surface area contributed by atoms with Crippen molar-refractivity contribution >= 4 is 39.9 Å². The van der Waals surface area contributed by atoms with Gasteiger partial charge in [-0.15, -0.1) is 0 Å². The number of aromatic nitrogens is 1. The zero-order valence-corrected chi connectivity index (χ0v) is 35.0. The SMILES string of the molecule is CC(C)Cc1ccc(C(Nc2cccc(C(=O)c3cn(CCCC(=O)O)c4ccccc34)c2)c2ccc(CC(C)C)cc2)cc1.O=C(Nc1ccccc1)c1ccccc1. The number of anilines is 2. The summed E-state index contributed by atoms with van der Waals surface area (Å²) in [4.78, 5) is 36.7. The lowest BCUT2D eigenvalue weighted by Gasteiger charge is -2.22. The van der Waals surface area contributed by atoms with E-state index in [4.69, 9.17) is 5.11 Å². The molecule has 7 nitrogen and oxygen atoms in total. The number of aryl methyl sites for hydroxylation is 1.